The molecule has 0 saturated heterocycles. The number of aromatic nitrogens is 2. The molecule has 0 atom stereocenters. The fourth-order valence-electron chi connectivity index (χ4n) is 1.45. The SMILES string of the molecule is CSc1nc(=O)c(Cc2ccccc2)c[nH]1. The molecule has 4 heteroatoms. The standard InChI is InChI=1S/C12H12N2OS/c1-16-12-13-8-10(11(15)14-12)7-9-5-3-2-4-6-9/h2-6,8H,7H2,1H3,(H,13,14,15). The molecule has 2 aromatic rings. The third-order valence-electron chi connectivity index (χ3n) is 2.28. The van der Waals surface area contributed by atoms with Crippen LogP contribution < -0.4 is 5.56 Å². The lowest BCUT2D eigenvalue weighted by molar-refractivity contribution is 0.902. The van der Waals surface area contributed by atoms with Crippen LogP contribution in [-0.4, -0.2) is 16.2 Å². The van der Waals surface area contributed by atoms with E-state index in [1.165, 1.54) is 11.8 Å². The van der Waals surface area contributed by atoms with Gasteiger partial charge in [0, 0.05) is 18.2 Å². The quantitative estimate of drug-likeness (QED) is 0.651. The van der Waals surface area contributed by atoms with Gasteiger partial charge in [-0.2, -0.15) is 4.98 Å². The molecule has 0 radical (unpaired) electrons. The summed E-state index contributed by atoms with van der Waals surface area (Å²) in [6.45, 7) is 0. The second-order valence-electron chi connectivity index (χ2n) is 3.40. The van der Waals surface area contributed by atoms with Crippen LogP contribution in [0.2, 0.25) is 0 Å². The molecule has 2 rings (SSSR count). The van der Waals surface area contributed by atoms with Crippen molar-refractivity contribution >= 4 is 11.8 Å². The van der Waals surface area contributed by atoms with Gasteiger partial charge >= 0.3 is 0 Å². The second kappa shape index (κ2) is 4.99. The highest BCUT2D eigenvalue weighted by molar-refractivity contribution is 7.98. The first-order valence-electron chi connectivity index (χ1n) is 4.96. The molecule has 0 amide bonds. The molecule has 0 aliphatic rings. The van der Waals surface area contributed by atoms with E-state index in [2.05, 4.69) is 9.97 Å². The number of benzene rings is 1. The van der Waals surface area contributed by atoms with E-state index in [4.69, 9.17) is 0 Å². The molecule has 0 aliphatic carbocycles. The second-order valence-corrected chi connectivity index (χ2v) is 4.20. The van der Waals surface area contributed by atoms with E-state index in [1.807, 2.05) is 36.6 Å². The van der Waals surface area contributed by atoms with Gasteiger partial charge in [-0.3, -0.25) is 4.79 Å². The van der Waals surface area contributed by atoms with Gasteiger partial charge in [0.1, 0.15) is 0 Å². The van der Waals surface area contributed by atoms with Crippen molar-refractivity contribution in [3.05, 3.63) is 58.0 Å². The molecule has 0 unspecified atom stereocenters. The van der Waals surface area contributed by atoms with Gasteiger partial charge in [-0.1, -0.05) is 42.1 Å². The first-order valence-corrected chi connectivity index (χ1v) is 6.18. The molecule has 82 valence electrons. The normalized spacial score (nSPS) is 10.3. The molecule has 0 fully saturated rings. The minimum atomic E-state index is -0.146. The zero-order valence-corrected chi connectivity index (χ0v) is 9.75. The molecular weight excluding hydrogens is 220 g/mol. The Morgan fingerprint density at radius 3 is 2.69 bits per heavy atom. The molecule has 0 aliphatic heterocycles. The zero-order chi connectivity index (χ0) is 11.4. The Balaban J connectivity index is 2.26. The number of hydrogen-bond donors (Lipinski definition) is 1. The van der Waals surface area contributed by atoms with Crippen LogP contribution in [0.4, 0.5) is 0 Å². The highest BCUT2D eigenvalue weighted by atomic mass is 32.2. The van der Waals surface area contributed by atoms with Crippen molar-refractivity contribution < 1.29 is 0 Å². The molecule has 1 aromatic heterocycles. The number of nitrogens with zero attached hydrogens (tertiary/aromatic N) is 1. The molecule has 0 saturated carbocycles. The average Bonchev–Trinajstić information content (AvgIpc) is 2.33. The van der Waals surface area contributed by atoms with E-state index >= 15 is 0 Å². The van der Waals surface area contributed by atoms with Crippen molar-refractivity contribution in [1.29, 1.82) is 0 Å². The van der Waals surface area contributed by atoms with Crippen LogP contribution in [0.5, 0.6) is 0 Å². The molecule has 1 heterocycles. The fraction of sp³-hybridized carbons (Fsp3) is 0.167. The maximum atomic E-state index is 11.7. The largest absolute Gasteiger partial charge is 0.341 e. The maximum Gasteiger partial charge on any atom is 0.277 e. The van der Waals surface area contributed by atoms with Gasteiger partial charge in [-0.15, -0.1) is 0 Å². The Labute approximate surface area is 97.9 Å². The summed E-state index contributed by atoms with van der Waals surface area (Å²) < 4.78 is 0. The summed E-state index contributed by atoms with van der Waals surface area (Å²) in [6, 6.07) is 9.90. The highest BCUT2D eigenvalue weighted by Gasteiger charge is 2.03. The fourth-order valence-corrected chi connectivity index (χ4v) is 1.80. The summed E-state index contributed by atoms with van der Waals surface area (Å²) in [7, 11) is 0. The number of H-pyrrole nitrogens is 1. The third-order valence-corrected chi connectivity index (χ3v) is 2.87. The summed E-state index contributed by atoms with van der Waals surface area (Å²) in [5.41, 5.74) is 1.67. The highest BCUT2D eigenvalue weighted by Crippen LogP contribution is 2.07. The Bertz CT molecular complexity index is 522. The van der Waals surface area contributed by atoms with Crippen LogP contribution >= 0.6 is 11.8 Å². The number of hydrogen-bond acceptors (Lipinski definition) is 3. The van der Waals surface area contributed by atoms with Gasteiger partial charge in [-0.05, 0) is 11.8 Å². The van der Waals surface area contributed by atoms with Crippen LogP contribution in [0.15, 0.2) is 46.5 Å². The number of aromatic amines is 1. The Hall–Kier alpha value is -1.55. The van der Waals surface area contributed by atoms with Crippen molar-refractivity contribution in [3.8, 4) is 0 Å². The zero-order valence-electron chi connectivity index (χ0n) is 8.93. The van der Waals surface area contributed by atoms with E-state index in [0.29, 0.717) is 17.1 Å². The third kappa shape index (κ3) is 2.52. The van der Waals surface area contributed by atoms with Crippen molar-refractivity contribution in [2.24, 2.45) is 0 Å². The van der Waals surface area contributed by atoms with Crippen molar-refractivity contribution in [2.45, 2.75) is 11.6 Å². The van der Waals surface area contributed by atoms with Crippen molar-refractivity contribution in [1.82, 2.24) is 9.97 Å². The van der Waals surface area contributed by atoms with Gasteiger partial charge in [-0.25, -0.2) is 0 Å². The summed E-state index contributed by atoms with van der Waals surface area (Å²) in [4.78, 5) is 18.6. The van der Waals surface area contributed by atoms with E-state index in [9.17, 15) is 4.79 Å². The predicted octanol–water partition coefficient (Wildman–Crippen LogP) is 2.08. The minimum absolute atomic E-state index is 0.146. The Morgan fingerprint density at radius 1 is 1.31 bits per heavy atom. The van der Waals surface area contributed by atoms with Crippen LogP contribution in [0.25, 0.3) is 0 Å². The van der Waals surface area contributed by atoms with Gasteiger partial charge < -0.3 is 4.98 Å². The summed E-state index contributed by atoms with van der Waals surface area (Å²) in [5.74, 6) is 0. The Kier molecular flexibility index (Phi) is 3.41. The van der Waals surface area contributed by atoms with E-state index in [0.717, 1.165) is 5.56 Å². The molecular formula is C12H12N2OS. The molecule has 1 aromatic carbocycles. The molecule has 3 nitrogen and oxygen atoms in total. The maximum absolute atomic E-state index is 11.7. The van der Waals surface area contributed by atoms with Gasteiger partial charge in [0.05, 0.1) is 0 Å². The number of nitrogens with one attached hydrogen (secondary N) is 1. The average molecular weight is 232 g/mol. The Morgan fingerprint density at radius 2 is 2.06 bits per heavy atom. The van der Waals surface area contributed by atoms with Crippen LogP contribution in [-0.2, 0) is 6.42 Å². The van der Waals surface area contributed by atoms with Crippen molar-refractivity contribution in [3.63, 3.8) is 0 Å². The lowest BCUT2D eigenvalue weighted by atomic mass is 10.1. The molecule has 0 bridgehead atoms. The van der Waals surface area contributed by atoms with Gasteiger partial charge in [0.2, 0.25) is 0 Å². The first-order chi connectivity index (χ1) is 7.79. The van der Waals surface area contributed by atoms with Gasteiger partial charge in [0.25, 0.3) is 5.56 Å². The van der Waals surface area contributed by atoms with E-state index in [-0.39, 0.29) is 5.56 Å². The topological polar surface area (TPSA) is 45.8 Å². The molecule has 1 N–H and O–H groups in total. The summed E-state index contributed by atoms with van der Waals surface area (Å²) in [6.07, 6.45) is 4.25. The monoisotopic (exact) mass is 232 g/mol. The van der Waals surface area contributed by atoms with E-state index in [1.54, 1.807) is 6.20 Å². The van der Waals surface area contributed by atoms with Crippen molar-refractivity contribution in [2.75, 3.05) is 6.26 Å². The smallest absolute Gasteiger partial charge is 0.277 e. The molecule has 0 spiro atoms. The number of rotatable bonds is 3. The lowest BCUT2D eigenvalue weighted by Crippen LogP contribution is -2.14. The van der Waals surface area contributed by atoms with E-state index < -0.39 is 0 Å². The molecule has 16 heavy (non-hydrogen) atoms. The van der Waals surface area contributed by atoms with Gasteiger partial charge in [0.15, 0.2) is 5.16 Å². The first kappa shape index (κ1) is 11.0. The van der Waals surface area contributed by atoms with Crippen LogP contribution in [0.3, 0.4) is 0 Å². The summed E-state index contributed by atoms with van der Waals surface area (Å²) in [5, 5.41) is 0.654. The van der Waals surface area contributed by atoms with Crippen LogP contribution in [0, 0.1) is 0 Å². The lowest BCUT2D eigenvalue weighted by Gasteiger charge is -2.01. The minimum Gasteiger partial charge on any atom is -0.341 e. The summed E-state index contributed by atoms with van der Waals surface area (Å²) >= 11 is 1.43. The number of thioether (sulfide) groups is 1. The van der Waals surface area contributed by atoms with Crippen LogP contribution in [0.1, 0.15) is 11.1 Å². The predicted molar refractivity (Wildman–Crippen MR) is 65.9 cm³/mol.